The molecule has 0 saturated heterocycles. The Morgan fingerprint density at radius 1 is 1.30 bits per heavy atom. The van der Waals surface area contributed by atoms with Crippen LogP contribution >= 0.6 is 27.5 Å². The van der Waals surface area contributed by atoms with Crippen molar-refractivity contribution in [3.8, 4) is 11.5 Å². The van der Waals surface area contributed by atoms with Crippen LogP contribution in [0.15, 0.2) is 34.8 Å². The van der Waals surface area contributed by atoms with Gasteiger partial charge in [0, 0.05) is 5.56 Å². The zero-order valence-electron chi connectivity index (χ0n) is 13.1. The minimum atomic E-state index is -0.278. The van der Waals surface area contributed by atoms with Crippen LogP contribution in [0.3, 0.4) is 0 Å². The van der Waals surface area contributed by atoms with E-state index < -0.39 is 0 Å². The second-order valence-electron chi connectivity index (χ2n) is 4.86. The number of aryl methyl sites for hydroxylation is 1. The van der Waals surface area contributed by atoms with E-state index in [9.17, 15) is 4.79 Å². The Labute approximate surface area is 148 Å². The lowest BCUT2D eigenvalue weighted by Gasteiger charge is -2.14. The Kier molecular flexibility index (Phi) is 5.91. The van der Waals surface area contributed by atoms with Gasteiger partial charge < -0.3 is 14.8 Å². The molecule has 0 aliphatic carbocycles. The molecule has 6 heteroatoms. The highest BCUT2D eigenvalue weighted by Gasteiger charge is 2.16. The second-order valence-corrected chi connectivity index (χ2v) is 6.12. The molecule has 2 aromatic rings. The maximum absolute atomic E-state index is 12.5. The molecular formula is C17H17BrClNO3. The number of carbonyl (C=O) groups is 1. The summed E-state index contributed by atoms with van der Waals surface area (Å²) in [7, 11) is 1.55. The molecule has 0 atom stereocenters. The van der Waals surface area contributed by atoms with Gasteiger partial charge >= 0.3 is 0 Å². The van der Waals surface area contributed by atoms with Crippen molar-refractivity contribution in [1.82, 2.24) is 0 Å². The van der Waals surface area contributed by atoms with Crippen LogP contribution in [-0.4, -0.2) is 19.6 Å². The first kappa shape index (κ1) is 17.6. The highest BCUT2D eigenvalue weighted by molar-refractivity contribution is 9.10. The Morgan fingerprint density at radius 2 is 2.04 bits per heavy atom. The number of benzene rings is 2. The molecule has 2 rings (SSSR count). The molecule has 0 unspecified atom stereocenters. The summed E-state index contributed by atoms with van der Waals surface area (Å²) >= 11 is 9.55. The van der Waals surface area contributed by atoms with Gasteiger partial charge in [0.2, 0.25) is 0 Å². The molecule has 0 saturated carbocycles. The molecule has 0 aliphatic rings. The van der Waals surface area contributed by atoms with Crippen molar-refractivity contribution in [2.45, 2.75) is 13.8 Å². The normalized spacial score (nSPS) is 10.3. The highest BCUT2D eigenvalue weighted by atomic mass is 79.9. The molecule has 2 aromatic carbocycles. The summed E-state index contributed by atoms with van der Waals surface area (Å²) in [6.07, 6.45) is 0. The summed E-state index contributed by atoms with van der Waals surface area (Å²) in [5.41, 5.74) is 2.03. The molecule has 0 heterocycles. The Balaban J connectivity index is 2.32. The summed E-state index contributed by atoms with van der Waals surface area (Å²) < 4.78 is 11.5. The van der Waals surface area contributed by atoms with Gasteiger partial charge in [0.25, 0.3) is 5.91 Å². The molecule has 0 bridgehead atoms. The van der Waals surface area contributed by atoms with Crippen molar-refractivity contribution in [1.29, 1.82) is 0 Å². The Bertz CT molecular complexity index is 734. The van der Waals surface area contributed by atoms with Gasteiger partial charge in [0.05, 0.1) is 28.9 Å². The van der Waals surface area contributed by atoms with Crippen molar-refractivity contribution in [2.24, 2.45) is 0 Å². The first-order chi connectivity index (χ1) is 11.0. The van der Waals surface area contributed by atoms with Gasteiger partial charge in [0.15, 0.2) is 11.5 Å². The van der Waals surface area contributed by atoms with E-state index in [1.165, 1.54) is 0 Å². The number of carbonyl (C=O) groups excluding carboxylic acids is 1. The molecule has 0 spiro atoms. The van der Waals surface area contributed by atoms with Crippen LogP contribution in [0.4, 0.5) is 5.69 Å². The molecular weight excluding hydrogens is 382 g/mol. The SMILES string of the molecule is CCOc1cc(C(=O)Nc2ccc(C)cc2Cl)cc(Br)c1OC. The molecule has 4 nitrogen and oxygen atoms in total. The van der Waals surface area contributed by atoms with E-state index in [2.05, 4.69) is 21.2 Å². The van der Waals surface area contributed by atoms with Crippen LogP contribution in [0, 0.1) is 6.92 Å². The second kappa shape index (κ2) is 7.70. The molecule has 0 radical (unpaired) electrons. The van der Waals surface area contributed by atoms with E-state index in [4.69, 9.17) is 21.1 Å². The molecule has 23 heavy (non-hydrogen) atoms. The van der Waals surface area contributed by atoms with Gasteiger partial charge in [-0.25, -0.2) is 0 Å². The van der Waals surface area contributed by atoms with Gasteiger partial charge in [-0.05, 0) is 59.6 Å². The van der Waals surface area contributed by atoms with E-state index in [-0.39, 0.29) is 5.91 Å². The quantitative estimate of drug-likeness (QED) is 0.765. The molecule has 1 amide bonds. The number of halogens is 2. The number of rotatable bonds is 5. The van der Waals surface area contributed by atoms with Crippen LogP contribution in [0.2, 0.25) is 5.02 Å². The molecule has 122 valence electrons. The van der Waals surface area contributed by atoms with Gasteiger partial charge in [-0.15, -0.1) is 0 Å². The summed E-state index contributed by atoms with van der Waals surface area (Å²) in [4.78, 5) is 12.5. The van der Waals surface area contributed by atoms with Crippen molar-refractivity contribution in [3.63, 3.8) is 0 Å². The van der Waals surface area contributed by atoms with Crippen LogP contribution in [-0.2, 0) is 0 Å². The van der Waals surface area contributed by atoms with E-state index in [0.717, 1.165) is 5.56 Å². The standard InChI is InChI=1S/C17H17BrClNO3/c1-4-23-15-9-11(8-12(18)16(15)22-3)17(21)20-14-6-5-10(2)7-13(14)19/h5-9H,4H2,1-3H3,(H,20,21). The topological polar surface area (TPSA) is 47.6 Å². The van der Waals surface area contributed by atoms with Crippen LogP contribution < -0.4 is 14.8 Å². The largest absolute Gasteiger partial charge is 0.492 e. The number of amides is 1. The van der Waals surface area contributed by atoms with Crippen molar-refractivity contribution in [2.75, 3.05) is 19.0 Å². The summed E-state index contributed by atoms with van der Waals surface area (Å²) in [6.45, 7) is 4.27. The average Bonchev–Trinajstić information content (AvgIpc) is 2.50. The minimum absolute atomic E-state index is 0.278. The lowest BCUT2D eigenvalue weighted by atomic mass is 10.1. The number of methoxy groups -OCH3 is 1. The predicted molar refractivity (Wildman–Crippen MR) is 96.0 cm³/mol. The summed E-state index contributed by atoms with van der Waals surface area (Å²) in [6, 6.07) is 8.78. The fourth-order valence-corrected chi connectivity index (χ4v) is 2.96. The van der Waals surface area contributed by atoms with Crippen molar-refractivity contribution in [3.05, 3.63) is 51.0 Å². The number of anilines is 1. The first-order valence-electron chi connectivity index (χ1n) is 7.04. The molecule has 0 aromatic heterocycles. The lowest BCUT2D eigenvalue weighted by Crippen LogP contribution is -2.13. The van der Waals surface area contributed by atoms with Gasteiger partial charge in [-0.1, -0.05) is 17.7 Å². The van der Waals surface area contributed by atoms with Crippen LogP contribution in [0.25, 0.3) is 0 Å². The smallest absolute Gasteiger partial charge is 0.255 e. The van der Waals surface area contributed by atoms with Crippen molar-refractivity contribution < 1.29 is 14.3 Å². The van der Waals surface area contributed by atoms with Crippen molar-refractivity contribution >= 4 is 39.1 Å². The third-order valence-electron chi connectivity index (χ3n) is 3.15. The maximum Gasteiger partial charge on any atom is 0.255 e. The zero-order valence-corrected chi connectivity index (χ0v) is 15.4. The van der Waals surface area contributed by atoms with E-state index in [1.54, 1.807) is 31.4 Å². The number of ether oxygens (including phenoxy) is 2. The fourth-order valence-electron chi connectivity index (χ4n) is 2.08. The van der Waals surface area contributed by atoms with E-state index in [0.29, 0.717) is 38.9 Å². The van der Waals surface area contributed by atoms with Gasteiger partial charge in [0.1, 0.15) is 0 Å². The average molecular weight is 399 g/mol. The summed E-state index contributed by atoms with van der Waals surface area (Å²) in [5, 5.41) is 3.30. The Morgan fingerprint density at radius 3 is 2.65 bits per heavy atom. The predicted octanol–water partition coefficient (Wildman–Crippen LogP) is 5.07. The third kappa shape index (κ3) is 4.18. The fraction of sp³-hybridized carbons (Fsp3) is 0.235. The Hall–Kier alpha value is -1.72. The first-order valence-corrected chi connectivity index (χ1v) is 8.21. The van der Waals surface area contributed by atoms with Gasteiger partial charge in [-0.3, -0.25) is 4.79 Å². The van der Waals surface area contributed by atoms with E-state index in [1.807, 2.05) is 19.9 Å². The lowest BCUT2D eigenvalue weighted by molar-refractivity contribution is 0.102. The van der Waals surface area contributed by atoms with Crippen LogP contribution in [0.5, 0.6) is 11.5 Å². The number of nitrogens with one attached hydrogen (secondary N) is 1. The zero-order chi connectivity index (χ0) is 17.0. The number of hydrogen-bond donors (Lipinski definition) is 1. The van der Waals surface area contributed by atoms with Gasteiger partial charge in [-0.2, -0.15) is 0 Å². The monoisotopic (exact) mass is 397 g/mol. The number of hydrogen-bond acceptors (Lipinski definition) is 3. The van der Waals surface area contributed by atoms with E-state index >= 15 is 0 Å². The third-order valence-corrected chi connectivity index (χ3v) is 4.05. The minimum Gasteiger partial charge on any atom is -0.492 e. The maximum atomic E-state index is 12.5. The molecule has 0 aliphatic heterocycles. The summed E-state index contributed by atoms with van der Waals surface area (Å²) in [5.74, 6) is 0.779. The molecule has 0 fully saturated rings. The highest BCUT2D eigenvalue weighted by Crippen LogP contribution is 2.37. The van der Waals surface area contributed by atoms with Crippen LogP contribution in [0.1, 0.15) is 22.8 Å². The molecule has 1 N–H and O–H groups in total.